The normalized spacial score (nSPS) is 13.2. The largest absolute Gasteiger partial charge is 0.313 e. The van der Waals surface area contributed by atoms with E-state index in [2.05, 4.69) is 51.7 Å². The Bertz CT molecular complexity index is 478. The molecule has 86 valence electrons. The van der Waals surface area contributed by atoms with E-state index in [1.165, 1.54) is 33.0 Å². The molecule has 0 fully saturated rings. The molecule has 0 aliphatic heterocycles. The summed E-state index contributed by atoms with van der Waals surface area (Å²) in [5.41, 5.74) is 1.44. The minimum absolute atomic E-state index is 0.480. The maximum absolute atomic E-state index is 3.61. The summed E-state index contributed by atoms with van der Waals surface area (Å²) in [6.45, 7) is 2.23. The summed E-state index contributed by atoms with van der Waals surface area (Å²) in [6, 6.07) is 6.91. The van der Waals surface area contributed by atoms with Crippen LogP contribution >= 0.6 is 27.3 Å². The molecule has 16 heavy (non-hydrogen) atoms. The Hall–Kier alpha value is -0.380. The van der Waals surface area contributed by atoms with E-state index in [1.54, 1.807) is 0 Å². The number of hydrogen-bond acceptors (Lipinski definition) is 2. The van der Waals surface area contributed by atoms with Gasteiger partial charge in [-0.2, -0.15) is 0 Å². The van der Waals surface area contributed by atoms with Crippen LogP contribution in [-0.2, 0) is 0 Å². The van der Waals surface area contributed by atoms with E-state index in [-0.39, 0.29) is 0 Å². The van der Waals surface area contributed by atoms with Crippen molar-refractivity contribution in [1.82, 2.24) is 5.32 Å². The molecule has 3 heteroatoms. The molecule has 1 aromatic heterocycles. The van der Waals surface area contributed by atoms with Crippen LogP contribution in [-0.4, -0.2) is 7.05 Å². The summed E-state index contributed by atoms with van der Waals surface area (Å²) in [4.78, 5) is 0. The van der Waals surface area contributed by atoms with Crippen molar-refractivity contribution in [3.05, 3.63) is 33.6 Å². The molecule has 0 aliphatic rings. The van der Waals surface area contributed by atoms with Gasteiger partial charge in [0.25, 0.3) is 0 Å². The monoisotopic (exact) mass is 297 g/mol. The van der Waals surface area contributed by atoms with Crippen LogP contribution in [0.3, 0.4) is 0 Å². The first-order valence-electron chi connectivity index (χ1n) is 5.60. The molecule has 0 radical (unpaired) electrons. The highest BCUT2D eigenvalue weighted by atomic mass is 79.9. The summed E-state index contributed by atoms with van der Waals surface area (Å²) < 4.78 is 2.56. The molecule has 1 heterocycles. The average Bonchev–Trinajstić information content (AvgIpc) is 2.71. The van der Waals surface area contributed by atoms with Crippen molar-refractivity contribution >= 4 is 37.4 Å². The molecule has 2 aromatic rings. The second-order valence-corrected chi connectivity index (χ2v) is 5.67. The van der Waals surface area contributed by atoms with E-state index in [4.69, 9.17) is 0 Å². The Labute approximate surface area is 109 Å². The summed E-state index contributed by atoms with van der Waals surface area (Å²) in [5.74, 6) is 0. The van der Waals surface area contributed by atoms with E-state index >= 15 is 0 Å². The molecule has 1 nitrogen and oxygen atoms in total. The number of nitrogens with one attached hydrogen (secondary N) is 1. The summed E-state index contributed by atoms with van der Waals surface area (Å²) in [5, 5.41) is 7.07. The number of halogens is 1. The zero-order valence-corrected chi connectivity index (χ0v) is 12.0. The standard InChI is InChI=1S/C13H16BrNS/c1-3-5-12(15-2)10-8-16-13-9(10)6-4-7-11(13)14/h4,6-8,12,15H,3,5H2,1-2H3. The molecule has 0 amide bonds. The van der Waals surface area contributed by atoms with Gasteiger partial charge in [-0.3, -0.25) is 0 Å². The Morgan fingerprint density at radius 2 is 2.25 bits per heavy atom. The molecule has 2 rings (SSSR count). The maximum Gasteiger partial charge on any atom is 0.0488 e. The SMILES string of the molecule is CCCC(NC)c1csc2c(Br)cccc12. The van der Waals surface area contributed by atoms with Crippen LogP contribution < -0.4 is 5.32 Å². The quantitative estimate of drug-likeness (QED) is 0.861. The molecule has 1 unspecified atom stereocenters. The third-order valence-corrected chi connectivity index (χ3v) is 4.85. The summed E-state index contributed by atoms with van der Waals surface area (Å²) in [7, 11) is 2.04. The van der Waals surface area contributed by atoms with Crippen molar-refractivity contribution in [2.24, 2.45) is 0 Å². The Kier molecular flexibility index (Phi) is 4.00. The molecule has 0 saturated heterocycles. The van der Waals surface area contributed by atoms with Gasteiger partial charge in [0.15, 0.2) is 0 Å². The van der Waals surface area contributed by atoms with E-state index in [0.717, 1.165) is 0 Å². The predicted molar refractivity (Wildman–Crippen MR) is 76.2 cm³/mol. The maximum atomic E-state index is 3.61. The topological polar surface area (TPSA) is 12.0 Å². The van der Waals surface area contributed by atoms with Crippen molar-refractivity contribution in [3.8, 4) is 0 Å². The van der Waals surface area contributed by atoms with Crippen LogP contribution in [0.2, 0.25) is 0 Å². The minimum atomic E-state index is 0.480. The van der Waals surface area contributed by atoms with E-state index in [9.17, 15) is 0 Å². The third kappa shape index (κ3) is 2.17. The Morgan fingerprint density at radius 1 is 1.44 bits per heavy atom. The summed E-state index contributed by atoms with van der Waals surface area (Å²) >= 11 is 5.43. The second-order valence-electron chi connectivity index (χ2n) is 3.94. The van der Waals surface area contributed by atoms with Gasteiger partial charge in [-0.15, -0.1) is 11.3 Å². The minimum Gasteiger partial charge on any atom is -0.313 e. The lowest BCUT2D eigenvalue weighted by Gasteiger charge is -2.14. The van der Waals surface area contributed by atoms with Gasteiger partial charge in [0.1, 0.15) is 0 Å². The number of benzene rings is 1. The van der Waals surface area contributed by atoms with Gasteiger partial charge in [-0.05, 0) is 51.8 Å². The molecule has 0 bridgehead atoms. The van der Waals surface area contributed by atoms with Crippen LogP contribution in [0.1, 0.15) is 31.4 Å². The number of fused-ring (bicyclic) bond motifs is 1. The molecular weight excluding hydrogens is 282 g/mol. The molecular formula is C13H16BrNS. The Balaban J connectivity index is 2.48. The van der Waals surface area contributed by atoms with Gasteiger partial charge < -0.3 is 5.32 Å². The highest BCUT2D eigenvalue weighted by Crippen LogP contribution is 2.36. The van der Waals surface area contributed by atoms with E-state index < -0.39 is 0 Å². The van der Waals surface area contributed by atoms with Gasteiger partial charge in [-0.1, -0.05) is 25.5 Å². The smallest absolute Gasteiger partial charge is 0.0488 e. The highest BCUT2D eigenvalue weighted by Gasteiger charge is 2.14. The fourth-order valence-corrected chi connectivity index (χ4v) is 3.73. The van der Waals surface area contributed by atoms with Crippen molar-refractivity contribution in [2.75, 3.05) is 7.05 Å². The Morgan fingerprint density at radius 3 is 2.94 bits per heavy atom. The van der Waals surface area contributed by atoms with Gasteiger partial charge >= 0.3 is 0 Å². The summed E-state index contributed by atoms with van der Waals surface area (Å²) in [6.07, 6.45) is 2.39. The van der Waals surface area contributed by atoms with Gasteiger partial charge in [-0.25, -0.2) is 0 Å². The second kappa shape index (κ2) is 5.30. The molecule has 0 saturated carbocycles. The van der Waals surface area contributed by atoms with Gasteiger partial charge in [0.2, 0.25) is 0 Å². The number of hydrogen-bond donors (Lipinski definition) is 1. The van der Waals surface area contributed by atoms with Crippen molar-refractivity contribution < 1.29 is 0 Å². The van der Waals surface area contributed by atoms with Crippen molar-refractivity contribution in [3.63, 3.8) is 0 Å². The molecule has 1 N–H and O–H groups in total. The van der Waals surface area contributed by atoms with Crippen LogP contribution in [0.5, 0.6) is 0 Å². The van der Waals surface area contributed by atoms with E-state index in [1.807, 2.05) is 18.4 Å². The van der Waals surface area contributed by atoms with Gasteiger partial charge in [0.05, 0.1) is 0 Å². The van der Waals surface area contributed by atoms with E-state index in [0.29, 0.717) is 6.04 Å². The zero-order valence-electron chi connectivity index (χ0n) is 9.59. The molecule has 1 atom stereocenters. The molecule has 0 spiro atoms. The highest BCUT2D eigenvalue weighted by molar-refractivity contribution is 9.10. The third-order valence-electron chi connectivity index (χ3n) is 2.88. The van der Waals surface area contributed by atoms with Crippen LogP contribution in [0.25, 0.3) is 10.1 Å². The van der Waals surface area contributed by atoms with Gasteiger partial charge in [0, 0.05) is 15.2 Å². The molecule has 1 aromatic carbocycles. The zero-order chi connectivity index (χ0) is 11.5. The first-order chi connectivity index (χ1) is 7.77. The van der Waals surface area contributed by atoms with Crippen molar-refractivity contribution in [1.29, 1.82) is 0 Å². The first-order valence-corrected chi connectivity index (χ1v) is 7.28. The molecule has 0 aliphatic carbocycles. The first kappa shape index (κ1) is 12.1. The van der Waals surface area contributed by atoms with Crippen LogP contribution in [0.15, 0.2) is 28.1 Å². The lowest BCUT2D eigenvalue weighted by Crippen LogP contribution is -2.15. The lowest BCUT2D eigenvalue weighted by atomic mass is 10.0. The van der Waals surface area contributed by atoms with Crippen LogP contribution in [0, 0.1) is 0 Å². The predicted octanol–water partition coefficient (Wildman–Crippen LogP) is 4.72. The number of thiophene rings is 1. The average molecular weight is 298 g/mol. The number of rotatable bonds is 4. The fraction of sp³-hybridized carbons (Fsp3) is 0.385. The lowest BCUT2D eigenvalue weighted by molar-refractivity contribution is 0.546. The fourth-order valence-electron chi connectivity index (χ4n) is 2.06. The van der Waals surface area contributed by atoms with Crippen molar-refractivity contribution in [2.45, 2.75) is 25.8 Å². The van der Waals surface area contributed by atoms with Crippen LogP contribution in [0.4, 0.5) is 0 Å².